The van der Waals surface area contributed by atoms with E-state index in [9.17, 15) is 14.4 Å². The molecule has 3 amide bonds. The zero-order chi connectivity index (χ0) is 27.1. The van der Waals surface area contributed by atoms with Crippen LogP contribution in [0.1, 0.15) is 52.0 Å². The lowest BCUT2D eigenvalue weighted by molar-refractivity contribution is -0.122. The largest absolute Gasteiger partial charge is 0.497 e. The van der Waals surface area contributed by atoms with Gasteiger partial charge in [0.15, 0.2) is 5.69 Å². The van der Waals surface area contributed by atoms with Crippen LogP contribution in [0.4, 0.5) is 11.4 Å². The fraction of sp³-hybridized carbons (Fsp3) is 0.308. The molecule has 3 aromatic rings. The summed E-state index contributed by atoms with van der Waals surface area (Å²) < 4.78 is 14.6. The van der Waals surface area contributed by atoms with E-state index in [-0.39, 0.29) is 22.2 Å². The third-order valence-electron chi connectivity index (χ3n) is 5.66. The smallest absolute Gasteiger partial charge is 0.273 e. The first-order chi connectivity index (χ1) is 17.7. The van der Waals surface area contributed by atoms with Crippen molar-refractivity contribution in [2.24, 2.45) is 11.7 Å². The minimum Gasteiger partial charge on any atom is -0.497 e. The molecule has 0 radical (unpaired) electrons. The van der Waals surface area contributed by atoms with E-state index in [1.54, 1.807) is 55.6 Å². The number of primary amides is 1. The van der Waals surface area contributed by atoms with Crippen LogP contribution in [0.25, 0.3) is 0 Å². The van der Waals surface area contributed by atoms with Gasteiger partial charge in [-0.05, 0) is 53.7 Å². The summed E-state index contributed by atoms with van der Waals surface area (Å²) in [6, 6.07) is 12.5. The average Bonchev–Trinajstić information content (AvgIpc) is 3.28. The van der Waals surface area contributed by atoms with Gasteiger partial charge in [-0.15, -0.1) is 0 Å². The maximum Gasteiger partial charge on any atom is 0.273 e. The van der Waals surface area contributed by atoms with Crippen LogP contribution in [0.5, 0.6) is 11.5 Å². The van der Waals surface area contributed by atoms with Crippen LogP contribution in [-0.2, 0) is 4.79 Å². The van der Waals surface area contributed by atoms with E-state index in [0.717, 1.165) is 18.0 Å². The van der Waals surface area contributed by atoms with Gasteiger partial charge in [0.2, 0.25) is 5.91 Å². The quantitative estimate of drug-likeness (QED) is 0.347. The number of aromatic nitrogens is 1. The molecular formula is C26H31N5O5S. The van der Waals surface area contributed by atoms with Gasteiger partial charge in [-0.25, -0.2) is 0 Å². The third kappa shape index (κ3) is 6.36. The standard InChI is InChI=1S/C26H31N5O5S/c1-15(2)12-13-29-25(33)22(16-8-10-18(35-3)11-9-16)31(17-6-5-7-19(14-17)36-4)26(34)23-20(27)21(24(28)32)30-37-23/h5-11,14-15,22H,12-13,27H2,1-4H3,(H2,28,32)(H,29,33)/t22-/m0/s1. The number of nitrogens with zero attached hydrogens (tertiary/aromatic N) is 2. The molecule has 0 aliphatic carbocycles. The van der Waals surface area contributed by atoms with Crippen LogP contribution in [-0.4, -0.2) is 42.9 Å². The summed E-state index contributed by atoms with van der Waals surface area (Å²) in [5.74, 6) is -0.395. The fourth-order valence-electron chi connectivity index (χ4n) is 3.67. The van der Waals surface area contributed by atoms with Crippen molar-refractivity contribution >= 4 is 40.6 Å². The number of amides is 3. The lowest BCUT2D eigenvalue weighted by atomic mass is 10.0. The van der Waals surface area contributed by atoms with Gasteiger partial charge in [-0.1, -0.05) is 32.0 Å². The number of carbonyl (C=O) groups is 3. The zero-order valence-electron chi connectivity index (χ0n) is 21.2. The van der Waals surface area contributed by atoms with Crippen LogP contribution >= 0.6 is 11.5 Å². The molecule has 0 aliphatic rings. The minimum atomic E-state index is -1.09. The normalized spacial score (nSPS) is 11.6. The van der Waals surface area contributed by atoms with Crippen molar-refractivity contribution in [3.8, 4) is 11.5 Å². The summed E-state index contributed by atoms with van der Waals surface area (Å²) in [6.07, 6.45) is 0.762. The molecule has 1 atom stereocenters. The summed E-state index contributed by atoms with van der Waals surface area (Å²) >= 11 is 0.748. The van der Waals surface area contributed by atoms with Gasteiger partial charge in [0.1, 0.15) is 22.4 Å². The number of nitrogen functional groups attached to an aromatic ring is 1. The number of nitrogens with two attached hydrogens (primary N) is 2. The molecule has 196 valence electrons. The molecule has 0 fully saturated rings. The number of benzene rings is 2. The summed E-state index contributed by atoms with van der Waals surface area (Å²) in [5.41, 5.74) is 12.1. The van der Waals surface area contributed by atoms with Crippen LogP contribution in [0.2, 0.25) is 0 Å². The Kier molecular flexibility index (Phi) is 9.07. The first-order valence-corrected chi connectivity index (χ1v) is 12.4. The van der Waals surface area contributed by atoms with Gasteiger partial charge in [-0.2, -0.15) is 4.37 Å². The highest BCUT2D eigenvalue weighted by Crippen LogP contribution is 2.35. The first-order valence-electron chi connectivity index (χ1n) is 11.6. The predicted octanol–water partition coefficient (Wildman–Crippen LogP) is 3.39. The second-order valence-electron chi connectivity index (χ2n) is 8.66. The van der Waals surface area contributed by atoms with Crippen molar-refractivity contribution in [2.75, 3.05) is 31.4 Å². The average molecular weight is 526 g/mol. The molecule has 0 aliphatic heterocycles. The van der Waals surface area contributed by atoms with E-state index in [2.05, 4.69) is 23.5 Å². The number of carbonyl (C=O) groups excluding carboxylic acids is 3. The molecule has 3 rings (SSSR count). The van der Waals surface area contributed by atoms with E-state index in [1.165, 1.54) is 12.0 Å². The highest BCUT2D eigenvalue weighted by molar-refractivity contribution is 7.09. The first kappa shape index (κ1) is 27.5. The van der Waals surface area contributed by atoms with Crippen LogP contribution < -0.4 is 31.2 Å². The van der Waals surface area contributed by atoms with Gasteiger partial charge >= 0.3 is 0 Å². The van der Waals surface area contributed by atoms with Crippen molar-refractivity contribution in [1.29, 1.82) is 0 Å². The molecule has 0 saturated carbocycles. The van der Waals surface area contributed by atoms with Gasteiger partial charge < -0.3 is 26.3 Å². The number of anilines is 2. The SMILES string of the molecule is COc1ccc([C@@H](C(=O)NCCC(C)C)N(C(=O)c2snc(C(N)=O)c2N)c2cccc(OC)c2)cc1. The molecule has 0 spiro atoms. The second-order valence-corrected chi connectivity index (χ2v) is 9.44. The Morgan fingerprint density at radius 3 is 2.30 bits per heavy atom. The maximum absolute atomic E-state index is 14.0. The molecular weight excluding hydrogens is 494 g/mol. The zero-order valence-corrected chi connectivity index (χ0v) is 22.0. The van der Waals surface area contributed by atoms with Gasteiger partial charge in [0.25, 0.3) is 11.8 Å². The van der Waals surface area contributed by atoms with Gasteiger partial charge in [0.05, 0.1) is 19.9 Å². The molecule has 37 heavy (non-hydrogen) atoms. The van der Waals surface area contributed by atoms with E-state index in [4.69, 9.17) is 20.9 Å². The van der Waals surface area contributed by atoms with Crippen molar-refractivity contribution < 1.29 is 23.9 Å². The van der Waals surface area contributed by atoms with Crippen LogP contribution in [0.15, 0.2) is 48.5 Å². The molecule has 0 saturated heterocycles. The van der Waals surface area contributed by atoms with E-state index in [0.29, 0.717) is 35.2 Å². The number of methoxy groups -OCH3 is 2. The topological polar surface area (TPSA) is 150 Å². The van der Waals surface area contributed by atoms with Crippen LogP contribution in [0.3, 0.4) is 0 Å². The number of nitrogens with one attached hydrogen (secondary N) is 1. The molecule has 5 N–H and O–H groups in total. The fourth-order valence-corrected chi connectivity index (χ4v) is 4.41. The summed E-state index contributed by atoms with van der Waals surface area (Å²) in [7, 11) is 3.05. The Morgan fingerprint density at radius 1 is 1.05 bits per heavy atom. The number of hydrogen-bond donors (Lipinski definition) is 3. The number of hydrogen-bond acceptors (Lipinski definition) is 8. The lowest BCUT2D eigenvalue weighted by Crippen LogP contribution is -2.44. The third-order valence-corrected chi connectivity index (χ3v) is 6.52. The Labute approximate surface area is 219 Å². The molecule has 2 aromatic carbocycles. The van der Waals surface area contributed by atoms with E-state index >= 15 is 0 Å². The van der Waals surface area contributed by atoms with E-state index < -0.39 is 17.9 Å². The van der Waals surface area contributed by atoms with E-state index in [1.807, 2.05) is 0 Å². The monoisotopic (exact) mass is 525 g/mol. The Balaban J connectivity index is 2.18. The van der Waals surface area contributed by atoms with Crippen molar-refractivity contribution in [2.45, 2.75) is 26.3 Å². The van der Waals surface area contributed by atoms with Crippen molar-refractivity contribution in [3.05, 3.63) is 64.7 Å². The number of rotatable bonds is 11. The Bertz CT molecular complexity index is 1260. The Morgan fingerprint density at radius 2 is 1.73 bits per heavy atom. The second kappa shape index (κ2) is 12.2. The van der Waals surface area contributed by atoms with Crippen molar-refractivity contribution in [3.63, 3.8) is 0 Å². The molecule has 10 nitrogen and oxygen atoms in total. The minimum absolute atomic E-state index is 0.00916. The predicted molar refractivity (Wildman–Crippen MR) is 143 cm³/mol. The molecule has 0 unspecified atom stereocenters. The number of ether oxygens (including phenoxy) is 2. The van der Waals surface area contributed by atoms with Gasteiger partial charge in [-0.3, -0.25) is 19.3 Å². The highest BCUT2D eigenvalue weighted by Gasteiger charge is 2.36. The van der Waals surface area contributed by atoms with Crippen molar-refractivity contribution in [1.82, 2.24) is 9.69 Å². The lowest BCUT2D eigenvalue weighted by Gasteiger charge is -2.31. The summed E-state index contributed by atoms with van der Waals surface area (Å²) in [5, 5.41) is 2.95. The van der Waals surface area contributed by atoms with Gasteiger partial charge in [0, 0.05) is 18.3 Å². The molecule has 0 bridgehead atoms. The summed E-state index contributed by atoms with van der Waals surface area (Å²) in [6.45, 7) is 4.54. The molecule has 11 heteroatoms. The Hall–Kier alpha value is -4.12. The molecule has 1 aromatic heterocycles. The maximum atomic E-state index is 14.0. The highest BCUT2D eigenvalue weighted by atomic mass is 32.1. The summed E-state index contributed by atoms with van der Waals surface area (Å²) in [4.78, 5) is 40.8. The van der Waals surface area contributed by atoms with Crippen LogP contribution in [0, 0.1) is 5.92 Å². The molecule has 1 heterocycles.